The van der Waals surface area contributed by atoms with Gasteiger partial charge in [-0.2, -0.15) is 0 Å². The van der Waals surface area contributed by atoms with E-state index in [0.29, 0.717) is 13.0 Å². The van der Waals surface area contributed by atoms with E-state index < -0.39 is 6.29 Å². The molecule has 2 heteroatoms. The van der Waals surface area contributed by atoms with Gasteiger partial charge in [-0.1, -0.05) is 45.4 Å². The van der Waals surface area contributed by atoms with Crippen LogP contribution in [-0.4, -0.2) is 12.9 Å². The Morgan fingerprint density at radius 2 is 1.50 bits per heavy atom. The van der Waals surface area contributed by atoms with E-state index in [-0.39, 0.29) is 0 Å². The van der Waals surface area contributed by atoms with Gasteiger partial charge in [-0.25, -0.2) is 5.11 Å². The smallest absolute Gasteiger partial charge is 0.191 e. The molecule has 1 radical (unpaired) electrons. The number of hydrogen-bond donors (Lipinski definition) is 0. The first kappa shape index (κ1) is 13.9. The summed E-state index contributed by atoms with van der Waals surface area (Å²) in [5.41, 5.74) is 0. The van der Waals surface area contributed by atoms with Crippen molar-refractivity contribution in [3.05, 3.63) is 0 Å². The van der Waals surface area contributed by atoms with Gasteiger partial charge in [0.25, 0.3) is 0 Å². The molecule has 14 heavy (non-hydrogen) atoms. The first-order valence-electron chi connectivity index (χ1n) is 6.08. The molecule has 0 amide bonds. The summed E-state index contributed by atoms with van der Waals surface area (Å²) in [6.45, 7) is 4.64. The molecule has 1 atom stereocenters. The lowest BCUT2D eigenvalue weighted by Gasteiger charge is -2.07. The van der Waals surface area contributed by atoms with E-state index in [9.17, 15) is 5.11 Å². The van der Waals surface area contributed by atoms with Gasteiger partial charge in [0.05, 0.1) is 0 Å². The zero-order valence-corrected chi connectivity index (χ0v) is 9.76. The van der Waals surface area contributed by atoms with E-state index in [4.69, 9.17) is 4.74 Å². The summed E-state index contributed by atoms with van der Waals surface area (Å²) < 4.78 is 4.93. The van der Waals surface area contributed by atoms with Crippen molar-refractivity contribution in [2.75, 3.05) is 6.61 Å². The zero-order chi connectivity index (χ0) is 10.6. The molecule has 0 saturated heterocycles. The molecule has 0 heterocycles. The van der Waals surface area contributed by atoms with Crippen molar-refractivity contribution in [1.29, 1.82) is 0 Å². The molecule has 0 aliphatic heterocycles. The Hall–Kier alpha value is -0.0800. The minimum absolute atomic E-state index is 0.546. The van der Waals surface area contributed by atoms with Gasteiger partial charge in [0.1, 0.15) is 0 Å². The first-order chi connectivity index (χ1) is 6.81. The third kappa shape index (κ3) is 10.0. The van der Waals surface area contributed by atoms with E-state index in [0.717, 1.165) is 6.42 Å². The van der Waals surface area contributed by atoms with Gasteiger partial charge in [-0.15, -0.1) is 0 Å². The highest BCUT2D eigenvalue weighted by Crippen LogP contribution is 2.10. The molecule has 0 saturated carbocycles. The summed E-state index contributed by atoms with van der Waals surface area (Å²) in [6.07, 6.45) is 8.72. The minimum Gasteiger partial charge on any atom is -0.350 e. The molecular formula is C12H25O2. The van der Waals surface area contributed by atoms with Crippen molar-refractivity contribution in [2.24, 2.45) is 0 Å². The lowest BCUT2D eigenvalue weighted by atomic mass is 10.1. The van der Waals surface area contributed by atoms with Crippen molar-refractivity contribution in [2.45, 2.75) is 71.5 Å². The molecule has 0 N–H and O–H groups in total. The predicted octanol–water partition coefficient (Wildman–Crippen LogP) is 3.92. The molecule has 1 unspecified atom stereocenters. The van der Waals surface area contributed by atoms with Crippen molar-refractivity contribution >= 4 is 0 Å². The Morgan fingerprint density at radius 1 is 0.929 bits per heavy atom. The fourth-order valence-electron chi connectivity index (χ4n) is 1.54. The third-order valence-electron chi connectivity index (χ3n) is 2.40. The number of hydrogen-bond acceptors (Lipinski definition) is 1. The highest BCUT2D eigenvalue weighted by Gasteiger charge is 2.03. The number of rotatable bonds is 10. The van der Waals surface area contributed by atoms with Crippen molar-refractivity contribution in [3.63, 3.8) is 0 Å². The molecule has 0 aliphatic rings. The lowest BCUT2D eigenvalue weighted by molar-refractivity contribution is -0.140. The second kappa shape index (κ2) is 11.0. The van der Waals surface area contributed by atoms with Crippen LogP contribution in [0.2, 0.25) is 0 Å². The monoisotopic (exact) mass is 201 g/mol. The van der Waals surface area contributed by atoms with Crippen LogP contribution in [0.4, 0.5) is 0 Å². The van der Waals surface area contributed by atoms with Gasteiger partial charge in [0, 0.05) is 13.0 Å². The summed E-state index contributed by atoms with van der Waals surface area (Å²) in [5.74, 6) is 0. The van der Waals surface area contributed by atoms with Crippen molar-refractivity contribution < 1.29 is 9.84 Å². The van der Waals surface area contributed by atoms with Crippen LogP contribution in [0, 0.1) is 0 Å². The minimum atomic E-state index is -0.782. The third-order valence-corrected chi connectivity index (χ3v) is 2.40. The van der Waals surface area contributed by atoms with Crippen LogP contribution >= 0.6 is 0 Å². The largest absolute Gasteiger partial charge is 0.350 e. The van der Waals surface area contributed by atoms with Crippen molar-refractivity contribution in [3.8, 4) is 0 Å². The van der Waals surface area contributed by atoms with Crippen LogP contribution in [0.3, 0.4) is 0 Å². The molecular weight excluding hydrogens is 176 g/mol. The Bertz CT molecular complexity index is 104. The van der Waals surface area contributed by atoms with Gasteiger partial charge in [-0.3, -0.25) is 0 Å². The van der Waals surface area contributed by atoms with Crippen LogP contribution in [-0.2, 0) is 9.84 Å². The Morgan fingerprint density at radius 3 is 2.07 bits per heavy atom. The van der Waals surface area contributed by atoms with Crippen LogP contribution in [0.15, 0.2) is 0 Å². The number of unbranched alkanes of at least 4 members (excludes halogenated alkanes) is 6. The highest BCUT2D eigenvalue weighted by atomic mass is 16.6. The predicted molar refractivity (Wildman–Crippen MR) is 58.7 cm³/mol. The maximum Gasteiger partial charge on any atom is 0.191 e. The van der Waals surface area contributed by atoms with Gasteiger partial charge >= 0.3 is 0 Å². The molecule has 0 aromatic carbocycles. The molecule has 0 spiro atoms. The molecule has 0 bridgehead atoms. The second-order valence-electron chi connectivity index (χ2n) is 3.79. The zero-order valence-electron chi connectivity index (χ0n) is 9.76. The van der Waals surface area contributed by atoms with E-state index in [1.165, 1.54) is 38.5 Å². The molecule has 85 valence electrons. The van der Waals surface area contributed by atoms with Crippen LogP contribution < -0.4 is 0 Å². The van der Waals surface area contributed by atoms with E-state index in [1.54, 1.807) is 0 Å². The SMILES string of the molecule is CCCCCCCCCC([O])OCC. The summed E-state index contributed by atoms with van der Waals surface area (Å²) in [4.78, 5) is 0. The van der Waals surface area contributed by atoms with E-state index in [2.05, 4.69) is 6.92 Å². The van der Waals surface area contributed by atoms with Crippen LogP contribution in [0.5, 0.6) is 0 Å². The molecule has 0 aromatic rings. The molecule has 0 aliphatic carbocycles. The summed E-state index contributed by atoms with van der Waals surface area (Å²) in [5, 5.41) is 11.0. The normalized spacial score (nSPS) is 13.1. The van der Waals surface area contributed by atoms with Gasteiger partial charge in [-0.05, 0) is 13.3 Å². The van der Waals surface area contributed by atoms with Crippen LogP contribution in [0.25, 0.3) is 0 Å². The Labute approximate surface area is 88.7 Å². The van der Waals surface area contributed by atoms with E-state index >= 15 is 0 Å². The summed E-state index contributed by atoms with van der Waals surface area (Å²) in [7, 11) is 0. The van der Waals surface area contributed by atoms with Gasteiger partial charge in [0.2, 0.25) is 0 Å². The van der Waals surface area contributed by atoms with Crippen molar-refractivity contribution in [1.82, 2.24) is 0 Å². The quantitative estimate of drug-likeness (QED) is 0.389. The summed E-state index contributed by atoms with van der Waals surface area (Å²) >= 11 is 0. The van der Waals surface area contributed by atoms with Gasteiger partial charge in [0.15, 0.2) is 6.29 Å². The second-order valence-corrected chi connectivity index (χ2v) is 3.79. The average molecular weight is 201 g/mol. The molecule has 2 nitrogen and oxygen atoms in total. The molecule has 0 fully saturated rings. The Balaban J connectivity index is 2.98. The summed E-state index contributed by atoms with van der Waals surface area (Å²) in [6, 6.07) is 0. The maximum absolute atomic E-state index is 11.0. The maximum atomic E-state index is 11.0. The standard InChI is InChI=1S/C12H25O2/c1-3-5-6-7-8-9-10-11-12(13)14-4-2/h12H,3-11H2,1-2H3. The first-order valence-corrected chi connectivity index (χ1v) is 6.08. The Kier molecular flexibility index (Phi) is 10.9. The fraction of sp³-hybridized carbons (Fsp3) is 1.00. The average Bonchev–Trinajstić information content (AvgIpc) is 2.17. The molecule has 0 aromatic heterocycles. The van der Waals surface area contributed by atoms with Crippen LogP contribution in [0.1, 0.15) is 65.2 Å². The molecule has 0 rings (SSSR count). The highest BCUT2D eigenvalue weighted by molar-refractivity contribution is 4.47. The van der Waals surface area contributed by atoms with Gasteiger partial charge < -0.3 is 4.74 Å². The lowest BCUT2D eigenvalue weighted by Crippen LogP contribution is -2.09. The topological polar surface area (TPSA) is 29.1 Å². The van der Waals surface area contributed by atoms with E-state index in [1.807, 2.05) is 6.92 Å². The number of ether oxygens (including phenoxy) is 1. The fourth-order valence-corrected chi connectivity index (χ4v) is 1.54.